The van der Waals surface area contributed by atoms with E-state index in [2.05, 4.69) is 60.6 Å². The van der Waals surface area contributed by atoms with Crippen molar-refractivity contribution in [3.63, 3.8) is 0 Å². The smallest absolute Gasteiger partial charge is 0.148 e. The average molecular weight is 229 g/mol. The van der Waals surface area contributed by atoms with Crippen molar-refractivity contribution in [2.24, 2.45) is 0 Å². The van der Waals surface area contributed by atoms with Crippen LogP contribution in [0.25, 0.3) is 11.3 Å². The van der Waals surface area contributed by atoms with Gasteiger partial charge in [0.25, 0.3) is 0 Å². The number of nitrogens with zero attached hydrogens (tertiary/aromatic N) is 1. The predicted octanol–water partition coefficient (Wildman–Crippen LogP) is 3.52. The summed E-state index contributed by atoms with van der Waals surface area (Å²) in [5, 5.41) is 10.6. The molecule has 0 saturated heterocycles. The molecule has 90 valence electrons. The second kappa shape index (κ2) is 5.04. The van der Waals surface area contributed by atoms with Gasteiger partial charge in [-0.15, -0.1) is 0 Å². The van der Waals surface area contributed by atoms with Gasteiger partial charge in [-0.3, -0.25) is 5.10 Å². The number of benzene rings is 1. The molecule has 0 saturated carbocycles. The molecule has 2 aromatic rings. The minimum absolute atomic E-state index is 0.919. The van der Waals surface area contributed by atoms with E-state index in [1.165, 1.54) is 16.7 Å². The summed E-state index contributed by atoms with van der Waals surface area (Å²) in [7, 11) is 0. The fraction of sp³-hybridized carbons (Fsp3) is 0.357. The third-order valence-electron chi connectivity index (χ3n) is 2.82. The molecule has 1 heterocycles. The largest absolute Gasteiger partial charge is 0.369 e. The Labute approximate surface area is 102 Å². The molecule has 1 aromatic heterocycles. The molecule has 17 heavy (non-hydrogen) atoms. The molecule has 0 fully saturated rings. The molecule has 0 bridgehead atoms. The molecule has 0 amide bonds. The van der Waals surface area contributed by atoms with Gasteiger partial charge in [0, 0.05) is 18.2 Å². The zero-order valence-electron chi connectivity index (χ0n) is 10.7. The average Bonchev–Trinajstić information content (AvgIpc) is 2.78. The molecule has 2 N–H and O–H groups in total. The van der Waals surface area contributed by atoms with Crippen molar-refractivity contribution in [1.29, 1.82) is 0 Å². The normalized spacial score (nSPS) is 10.5. The first-order chi connectivity index (χ1) is 8.20. The van der Waals surface area contributed by atoms with E-state index < -0.39 is 0 Å². The lowest BCUT2D eigenvalue weighted by Gasteiger charge is -2.03. The number of rotatable bonds is 4. The first kappa shape index (κ1) is 11.7. The highest BCUT2D eigenvalue weighted by Gasteiger charge is 2.06. The molecular formula is C14H19N3. The molecule has 1 aromatic carbocycles. The molecule has 0 unspecified atom stereocenters. The fourth-order valence-electron chi connectivity index (χ4n) is 1.83. The molecule has 0 aliphatic heterocycles. The zero-order chi connectivity index (χ0) is 12.3. The van der Waals surface area contributed by atoms with Gasteiger partial charge in [0.1, 0.15) is 5.82 Å². The summed E-state index contributed by atoms with van der Waals surface area (Å²) >= 11 is 0. The monoisotopic (exact) mass is 229 g/mol. The second-order valence-electron chi connectivity index (χ2n) is 4.41. The number of H-pyrrole nitrogens is 1. The minimum atomic E-state index is 0.919. The third kappa shape index (κ3) is 2.67. The standard InChI is InChI=1S/C14H19N3/c1-4-7-15-14-9-13(16-17-14)12-8-10(2)5-6-11(12)3/h5-6,8-9H,4,7H2,1-3H3,(H2,15,16,17). The van der Waals surface area contributed by atoms with E-state index in [9.17, 15) is 0 Å². The van der Waals surface area contributed by atoms with Gasteiger partial charge in [0.15, 0.2) is 0 Å². The first-order valence-corrected chi connectivity index (χ1v) is 6.07. The summed E-state index contributed by atoms with van der Waals surface area (Å²) in [5.41, 5.74) is 4.83. The van der Waals surface area contributed by atoms with E-state index in [1.807, 2.05) is 0 Å². The Balaban J connectivity index is 2.27. The van der Waals surface area contributed by atoms with Crippen LogP contribution in [0.5, 0.6) is 0 Å². The Morgan fingerprint density at radius 3 is 2.82 bits per heavy atom. The van der Waals surface area contributed by atoms with Gasteiger partial charge in [0.05, 0.1) is 5.69 Å². The maximum atomic E-state index is 4.26. The number of hydrogen-bond acceptors (Lipinski definition) is 2. The van der Waals surface area contributed by atoms with Gasteiger partial charge in [-0.05, 0) is 31.9 Å². The van der Waals surface area contributed by atoms with E-state index >= 15 is 0 Å². The van der Waals surface area contributed by atoms with Crippen LogP contribution in [0.15, 0.2) is 24.3 Å². The lowest BCUT2D eigenvalue weighted by Crippen LogP contribution is -1.99. The zero-order valence-corrected chi connectivity index (χ0v) is 10.7. The van der Waals surface area contributed by atoms with Crippen LogP contribution >= 0.6 is 0 Å². The predicted molar refractivity (Wildman–Crippen MR) is 72.3 cm³/mol. The summed E-state index contributed by atoms with van der Waals surface area (Å²) < 4.78 is 0. The van der Waals surface area contributed by atoms with Crippen LogP contribution in [0, 0.1) is 13.8 Å². The highest BCUT2D eigenvalue weighted by molar-refractivity contribution is 5.66. The van der Waals surface area contributed by atoms with Crippen LogP contribution in [0.3, 0.4) is 0 Å². The molecule has 0 spiro atoms. The quantitative estimate of drug-likeness (QED) is 0.842. The fourth-order valence-corrected chi connectivity index (χ4v) is 1.83. The summed E-state index contributed by atoms with van der Waals surface area (Å²) in [5.74, 6) is 0.919. The number of nitrogens with one attached hydrogen (secondary N) is 2. The highest BCUT2D eigenvalue weighted by Crippen LogP contribution is 2.24. The summed E-state index contributed by atoms with van der Waals surface area (Å²) in [6, 6.07) is 8.53. The number of aromatic amines is 1. The van der Waals surface area contributed by atoms with Gasteiger partial charge in [0.2, 0.25) is 0 Å². The number of aromatic nitrogens is 2. The summed E-state index contributed by atoms with van der Waals surface area (Å²) in [4.78, 5) is 0. The van der Waals surface area contributed by atoms with E-state index in [0.29, 0.717) is 0 Å². The Hall–Kier alpha value is -1.77. The maximum absolute atomic E-state index is 4.26. The summed E-state index contributed by atoms with van der Waals surface area (Å²) in [6.45, 7) is 7.33. The van der Waals surface area contributed by atoms with Crippen molar-refractivity contribution in [2.75, 3.05) is 11.9 Å². The third-order valence-corrected chi connectivity index (χ3v) is 2.82. The molecule has 0 radical (unpaired) electrons. The molecule has 3 heteroatoms. The Morgan fingerprint density at radius 1 is 1.24 bits per heavy atom. The SMILES string of the molecule is CCCNc1cc(-c2cc(C)ccc2C)[nH]n1. The first-order valence-electron chi connectivity index (χ1n) is 6.07. The molecule has 0 aliphatic rings. The van der Waals surface area contributed by atoms with Crippen molar-refractivity contribution in [1.82, 2.24) is 10.2 Å². The van der Waals surface area contributed by atoms with Gasteiger partial charge >= 0.3 is 0 Å². The summed E-state index contributed by atoms with van der Waals surface area (Å²) in [6.07, 6.45) is 1.10. The van der Waals surface area contributed by atoms with Crippen LogP contribution in [0.2, 0.25) is 0 Å². The number of aryl methyl sites for hydroxylation is 2. The van der Waals surface area contributed by atoms with E-state index in [4.69, 9.17) is 0 Å². The van der Waals surface area contributed by atoms with Crippen LogP contribution in [-0.4, -0.2) is 16.7 Å². The van der Waals surface area contributed by atoms with Crippen LogP contribution in [0.1, 0.15) is 24.5 Å². The Kier molecular flexibility index (Phi) is 3.47. The van der Waals surface area contributed by atoms with E-state index in [-0.39, 0.29) is 0 Å². The van der Waals surface area contributed by atoms with Gasteiger partial charge in [-0.2, -0.15) is 5.10 Å². The number of hydrogen-bond donors (Lipinski definition) is 2. The second-order valence-corrected chi connectivity index (χ2v) is 4.41. The van der Waals surface area contributed by atoms with Crippen molar-refractivity contribution < 1.29 is 0 Å². The highest BCUT2D eigenvalue weighted by atomic mass is 15.2. The van der Waals surface area contributed by atoms with Gasteiger partial charge in [-0.1, -0.05) is 24.6 Å². The molecule has 2 rings (SSSR count). The van der Waals surface area contributed by atoms with Crippen molar-refractivity contribution >= 4 is 5.82 Å². The Morgan fingerprint density at radius 2 is 2.06 bits per heavy atom. The topological polar surface area (TPSA) is 40.7 Å². The lowest BCUT2D eigenvalue weighted by atomic mass is 10.0. The molecule has 0 aliphatic carbocycles. The van der Waals surface area contributed by atoms with E-state index in [0.717, 1.165) is 24.5 Å². The lowest BCUT2D eigenvalue weighted by molar-refractivity contribution is 0.961. The Bertz CT molecular complexity index is 500. The van der Waals surface area contributed by atoms with Crippen molar-refractivity contribution in [2.45, 2.75) is 27.2 Å². The van der Waals surface area contributed by atoms with Crippen molar-refractivity contribution in [3.05, 3.63) is 35.4 Å². The van der Waals surface area contributed by atoms with Crippen LogP contribution in [0.4, 0.5) is 5.82 Å². The van der Waals surface area contributed by atoms with Gasteiger partial charge < -0.3 is 5.32 Å². The maximum Gasteiger partial charge on any atom is 0.148 e. The molecule has 0 atom stereocenters. The molecular weight excluding hydrogens is 210 g/mol. The number of anilines is 1. The molecule has 3 nitrogen and oxygen atoms in total. The van der Waals surface area contributed by atoms with Crippen LogP contribution < -0.4 is 5.32 Å². The van der Waals surface area contributed by atoms with Gasteiger partial charge in [-0.25, -0.2) is 0 Å². The minimum Gasteiger partial charge on any atom is -0.369 e. The van der Waals surface area contributed by atoms with Crippen molar-refractivity contribution in [3.8, 4) is 11.3 Å². The van der Waals surface area contributed by atoms with Crippen LogP contribution in [-0.2, 0) is 0 Å². The van der Waals surface area contributed by atoms with E-state index in [1.54, 1.807) is 0 Å².